The van der Waals surface area contributed by atoms with Crippen LogP contribution in [0.1, 0.15) is 11.1 Å². The molecule has 0 saturated heterocycles. The van der Waals surface area contributed by atoms with E-state index in [4.69, 9.17) is 8.83 Å². The van der Waals surface area contributed by atoms with Crippen molar-refractivity contribution in [2.75, 3.05) is 0 Å². The van der Waals surface area contributed by atoms with Gasteiger partial charge in [-0.15, -0.1) is 0 Å². The predicted octanol–water partition coefficient (Wildman–Crippen LogP) is 7.26. The Morgan fingerprint density at radius 2 is 1.00 bits per heavy atom. The molecule has 0 unspecified atom stereocenters. The van der Waals surface area contributed by atoms with E-state index in [1.807, 2.05) is 0 Å². The Balaban J connectivity index is 2.06. The molecule has 124 valence electrons. The zero-order chi connectivity index (χ0) is 17.4. The Bertz CT molecular complexity index is 1380. The molecular formula is C24H16O2. The maximum atomic E-state index is 6.34. The molecule has 26 heavy (non-hydrogen) atoms. The van der Waals surface area contributed by atoms with Gasteiger partial charge in [0.15, 0.2) is 0 Å². The van der Waals surface area contributed by atoms with Crippen LogP contribution in [-0.4, -0.2) is 0 Å². The third-order valence-electron chi connectivity index (χ3n) is 5.35. The van der Waals surface area contributed by atoms with Crippen molar-refractivity contribution in [3.05, 3.63) is 71.8 Å². The number of hydrogen-bond acceptors (Lipinski definition) is 2. The number of benzene rings is 4. The second-order valence-corrected chi connectivity index (χ2v) is 7.16. The summed E-state index contributed by atoms with van der Waals surface area (Å²) in [5.41, 5.74) is 6.18. The first-order chi connectivity index (χ1) is 12.7. The summed E-state index contributed by atoms with van der Waals surface area (Å²) in [6.07, 6.45) is 0. The van der Waals surface area contributed by atoms with Gasteiger partial charge in [0.05, 0.1) is 0 Å². The van der Waals surface area contributed by atoms with Gasteiger partial charge in [0.25, 0.3) is 0 Å². The largest absolute Gasteiger partial charge is 0.455 e. The molecule has 0 aliphatic rings. The van der Waals surface area contributed by atoms with Gasteiger partial charge in [-0.05, 0) is 38.1 Å². The van der Waals surface area contributed by atoms with Gasteiger partial charge in [-0.1, -0.05) is 47.5 Å². The van der Waals surface area contributed by atoms with Gasteiger partial charge < -0.3 is 8.83 Å². The topological polar surface area (TPSA) is 26.3 Å². The van der Waals surface area contributed by atoms with Gasteiger partial charge in [-0.2, -0.15) is 0 Å². The molecule has 6 aromatic rings. The van der Waals surface area contributed by atoms with Crippen molar-refractivity contribution in [3.63, 3.8) is 0 Å². The first-order valence-electron chi connectivity index (χ1n) is 8.87. The van der Waals surface area contributed by atoms with Crippen LogP contribution in [0.3, 0.4) is 0 Å². The van der Waals surface area contributed by atoms with Crippen molar-refractivity contribution >= 4 is 54.6 Å². The molecule has 0 atom stereocenters. The van der Waals surface area contributed by atoms with Crippen LogP contribution in [0.4, 0.5) is 0 Å². The predicted molar refractivity (Wildman–Crippen MR) is 108 cm³/mol. The monoisotopic (exact) mass is 336 g/mol. The molecule has 4 aromatic carbocycles. The number of hydrogen-bond donors (Lipinski definition) is 0. The average molecular weight is 336 g/mol. The van der Waals surface area contributed by atoms with Crippen LogP contribution in [0.15, 0.2) is 69.5 Å². The van der Waals surface area contributed by atoms with Crippen molar-refractivity contribution in [3.8, 4) is 0 Å². The fraction of sp³-hybridized carbons (Fsp3) is 0.0833. The number of fused-ring (bicyclic) bond motifs is 10. The quantitative estimate of drug-likeness (QED) is 0.292. The third kappa shape index (κ3) is 1.66. The van der Waals surface area contributed by atoms with Crippen LogP contribution in [-0.2, 0) is 0 Å². The molecule has 0 spiro atoms. The maximum Gasteiger partial charge on any atom is 0.144 e. The Morgan fingerprint density at radius 3 is 1.46 bits per heavy atom. The first kappa shape index (κ1) is 14.0. The minimum Gasteiger partial charge on any atom is -0.455 e. The molecule has 0 amide bonds. The van der Waals surface area contributed by atoms with E-state index in [2.05, 4.69) is 74.5 Å². The van der Waals surface area contributed by atoms with Gasteiger partial charge in [0.1, 0.15) is 22.3 Å². The summed E-state index contributed by atoms with van der Waals surface area (Å²) < 4.78 is 12.7. The lowest BCUT2D eigenvalue weighted by Gasteiger charge is -2.01. The molecule has 0 aliphatic carbocycles. The van der Waals surface area contributed by atoms with Crippen molar-refractivity contribution in [1.82, 2.24) is 0 Å². The average Bonchev–Trinajstić information content (AvgIpc) is 3.20. The van der Waals surface area contributed by atoms with E-state index in [0.717, 1.165) is 54.6 Å². The van der Waals surface area contributed by atoms with Crippen LogP contribution in [0.25, 0.3) is 54.6 Å². The summed E-state index contributed by atoms with van der Waals surface area (Å²) in [4.78, 5) is 0. The van der Waals surface area contributed by atoms with Crippen LogP contribution >= 0.6 is 0 Å². The van der Waals surface area contributed by atoms with Crippen molar-refractivity contribution in [2.45, 2.75) is 13.8 Å². The minimum atomic E-state index is 0.922. The SMILES string of the molecule is Cc1ccc2oc3c4ccccc4c4oc5ccc(C)cc5c4c3c2c1. The van der Waals surface area contributed by atoms with Gasteiger partial charge in [-0.3, -0.25) is 0 Å². The fourth-order valence-electron chi connectivity index (χ4n) is 4.18. The molecule has 6 rings (SSSR count). The smallest absolute Gasteiger partial charge is 0.144 e. The number of rotatable bonds is 0. The summed E-state index contributed by atoms with van der Waals surface area (Å²) >= 11 is 0. The lowest BCUT2D eigenvalue weighted by atomic mass is 9.99. The summed E-state index contributed by atoms with van der Waals surface area (Å²) in [7, 11) is 0. The zero-order valence-corrected chi connectivity index (χ0v) is 14.6. The van der Waals surface area contributed by atoms with E-state index in [1.54, 1.807) is 0 Å². The molecule has 2 heterocycles. The Hall–Kier alpha value is -3.26. The highest BCUT2D eigenvalue weighted by molar-refractivity contribution is 6.34. The molecule has 0 saturated carbocycles. The Labute approximate surface area is 149 Å². The Kier molecular flexibility index (Phi) is 2.51. The highest BCUT2D eigenvalue weighted by Gasteiger charge is 2.20. The zero-order valence-electron chi connectivity index (χ0n) is 14.6. The van der Waals surface area contributed by atoms with Crippen LogP contribution in [0.2, 0.25) is 0 Å². The van der Waals surface area contributed by atoms with Crippen molar-refractivity contribution < 1.29 is 8.83 Å². The van der Waals surface area contributed by atoms with Gasteiger partial charge >= 0.3 is 0 Å². The number of aryl methyl sites for hydroxylation is 2. The molecule has 0 N–H and O–H groups in total. The van der Waals surface area contributed by atoms with Gasteiger partial charge in [-0.25, -0.2) is 0 Å². The maximum absolute atomic E-state index is 6.34. The van der Waals surface area contributed by atoms with Crippen LogP contribution < -0.4 is 0 Å². The highest BCUT2D eigenvalue weighted by atomic mass is 16.3. The molecule has 0 fully saturated rings. The Morgan fingerprint density at radius 1 is 0.538 bits per heavy atom. The summed E-state index contributed by atoms with van der Waals surface area (Å²) in [5.74, 6) is 0. The lowest BCUT2D eigenvalue weighted by molar-refractivity contribution is 0.668. The van der Waals surface area contributed by atoms with Crippen molar-refractivity contribution in [2.24, 2.45) is 0 Å². The van der Waals surface area contributed by atoms with Crippen LogP contribution in [0.5, 0.6) is 0 Å². The summed E-state index contributed by atoms with van der Waals surface area (Å²) in [6, 6.07) is 21.1. The molecule has 2 aromatic heterocycles. The molecule has 2 nitrogen and oxygen atoms in total. The molecule has 0 aliphatic heterocycles. The van der Waals surface area contributed by atoms with E-state index in [9.17, 15) is 0 Å². The first-order valence-corrected chi connectivity index (χ1v) is 8.87. The van der Waals surface area contributed by atoms with Gasteiger partial charge in [0.2, 0.25) is 0 Å². The van der Waals surface area contributed by atoms with Crippen LogP contribution in [0, 0.1) is 13.8 Å². The molecular weight excluding hydrogens is 320 g/mol. The van der Waals surface area contributed by atoms with E-state index < -0.39 is 0 Å². The van der Waals surface area contributed by atoms with E-state index >= 15 is 0 Å². The van der Waals surface area contributed by atoms with E-state index in [1.165, 1.54) is 11.1 Å². The fourth-order valence-corrected chi connectivity index (χ4v) is 4.18. The molecule has 2 heteroatoms. The van der Waals surface area contributed by atoms with E-state index in [0.29, 0.717) is 0 Å². The normalized spacial score (nSPS) is 12.2. The van der Waals surface area contributed by atoms with Gasteiger partial charge in [0, 0.05) is 32.3 Å². The second-order valence-electron chi connectivity index (χ2n) is 7.16. The summed E-state index contributed by atoms with van der Waals surface area (Å²) in [5, 5.41) is 6.81. The van der Waals surface area contributed by atoms with Crippen molar-refractivity contribution in [1.29, 1.82) is 0 Å². The molecule has 0 bridgehead atoms. The summed E-state index contributed by atoms with van der Waals surface area (Å²) in [6.45, 7) is 4.24. The standard InChI is InChI=1S/C24H16O2/c1-13-7-9-19-17(11-13)21-22-18-12-14(2)8-10-20(18)26-24(22)16-6-4-3-5-15(16)23(21)25-19/h3-12H,1-2H3. The third-order valence-corrected chi connectivity index (χ3v) is 5.35. The lowest BCUT2D eigenvalue weighted by Crippen LogP contribution is -1.78. The number of furan rings is 2. The van der Waals surface area contributed by atoms with E-state index in [-0.39, 0.29) is 0 Å². The second kappa shape index (κ2) is 4.67. The highest BCUT2D eigenvalue weighted by Crippen LogP contribution is 2.45. The minimum absolute atomic E-state index is 0.922. The molecule has 0 radical (unpaired) electrons.